The van der Waals surface area contributed by atoms with Crippen LogP contribution in [0.1, 0.15) is 26.2 Å². The van der Waals surface area contributed by atoms with E-state index in [-0.39, 0.29) is 36.4 Å². The second-order valence-electron chi connectivity index (χ2n) is 5.60. The van der Waals surface area contributed by atoms with Crippen molar-refractivity contribution < 1.29 is 22.0 Å². The number of nitrogens with one attached hydrogen (secondary N) is 1. The summed E-state index contributed by atoms with van der Waals surface area (Å²) < 4.78 is 51.7. The van der Waals surface area contributed by atoms with Crippen LogP contribution in [0.15, 0.2) is 18.2 Å². The SMILES string of the molecule is CCCS(=O)(=O)N1CCC(C(=O)Nc2ccc(F)cc2F)CC1. The van der Waals surface area contributed by atoms with Crippen molar-refractivity contribution in [2.24, 2.45) is 5.92 Å². The standard InChI is InChI=1S/C15H20F2N2O3S/c1-2-9-23(21,22)19-7-5-11(6-8-19)15(20)18-14-4-3-12(16)10-13(14)17/h3-4,10-11H,2,5-9H2,1H3,(H,18,20). The molecule has 2 rings (SSSR count). The van der Waals surface area contributed by atoms with Gasteiger partial charge in [-0.2, -0.15) is 0 Å². The molecule has 0 spiro atoms. The van der Waals surface area contributed by atoms with Crippen LogP contribution >= 0.6 is 0 Å². The van der Waals surface area contributed by atoms with Gasteiger partial charge in [-0.15, -0.1) is 0 Å². The molecule has 0 unspecified atom stereocenters. The van der Waals surface area contributed by atoms with Crippen LogP contribution in [-0.2, 0) is 14.8 Å². The van der Waals surface area contributed by atoms with Crippen LogP contribution in [0.2, 0.25) is 0 Å². The molecule has 1 saturated heterocycles. The lowest BCUT2D eigenvalue weighted by molar-refractivity contribution is -0.120. The number of amides is 1. The second kappa shape index (κ2) is 7.35. The number of anilines is 1. The summed E-state index contributed by atoms with van der Waals surface area (Å²) in [6.07, 6.45) is 1.32. The van der Waals surface area contributed by atoms with Gasteiger partial charge >= 0.3 is 0 Å². The molecule has 1 aromatic carbocycles. The van der Waals surface area contributed by atoms with Crippen LogP contribution in [0, 0.1) is 17.6 Å². The number of sulfonamides is 1. The van der Waals surface area contributed by atoms with Crippen LogP contribution in [0.5, 0.6) is 0 Å². The molecule has 0 saturated carbocycles. The number of carbonyl (C=O) groups excluding carboxylic acids is 1. The van der Waals surface area contributed by atoms with E-state index in [2.05, 4.69) is 5.32 Å². The average molecular weight is 346 g/mol. The third kappa shape index (κ3) is 4.48. The first-order valence-electron chi connectivity index (χ1n) is 7.57. The summed E-state index contributed by atoms with van der Waals surface area (Å²) in [5.41, 5.74) is -0.0718. The van der Waals surface area contributed by atoms with Crippen LogP contribution in [0.3, 0.4) is 0 Å². The van der Waals surface area contributed by atoms with Crippen molar-refractivity contribution in [2.45, 2.75) is 26.2 Å². The van der Waals surface area contributed by atoms with E-state index in [1.54, 1.807) is 6.92 Å². The van der Waals surface area contributed by atoms with Crippen LogP contribution in [-0.4, -0.2) is 37.5 Å². The van der Waals surface area contributed by atoms with E-state index in [1.165, 1.54) is 10.4 Å². The van der Waals surface area contributed by atoms with Gasteiger partial charge in [-0.25, -0.2) is 21.5 Å². The van der Waals surface area contributed by atoms with Gasteiger partial charge in [-0.1, -0.05) is 6.92 Å². The highest BCUT2D eigenvalue weighted by Gasteiger charge is 2.30. The van der Waals surface area contributed by atoms with Crippen molar-refractivity contribution in [2.75, 3.05) is 24.2 Å². The highest BCUT2D eigenvalue weighted by Crippen LogP contribution is 2.23. The topological polar surface area (TPSA) is 66.5 Å². The zero-order valence-electron chi connectivity index (χ0n) is 12.9. The first-order chi connectivity index (χ1) is 10.8. The average Bonchev–Trinajstić information content (AvgIpc) is 2.50. The Bertz CT molecular complexity index is 671. The van der Waals surface area contributed by atoms with E-state index in [4.69, 9.17) is 0 Å². The Morgan fingerprint density at radius 1 is 1.30 bits per heavy atom. The van der Waals surface area contributed by atoms with Crippen LogP contribution in [0.4, 0.5) is 14.5 Å². The van der Waals surface area contributed by atoms with Crippen molar-refractivity contribution in [3.05, 3.63) is 29.8 Å². The van der Waals surface area contributed by atoms with Gasteiger partial charge in [0.15, 0.2) is 0 Å². The molecule has 1 N–H and O–H groups in total. The van der Waals surface area contributed by atoms with Crippen molar-refractivity contribution in [3.8, 4) is 0 Å². The minimum atomic E-state index is -3.25. The Hall–Kier alpha value is -1.54. The molecule has 8 heteroatoms. The molecule has 0 bridgehead atoms. The summed E-state index contributed by atoms with van der Waals surface area (Å²) in [4.78, 5) is 12.1. The predicted molar refractivity (Wildman–Crippen MR) is 83.4 cm³/mol. The largest absolute Gasteiger partial charge is 0.323 e. The second-order valence-corrected chi connectivity index (χ2v) is 7.69. The molecule has 23 heavy (non-hydrogen) atoms. The maximum Gasteiger partial charge on any atom is 0.227 e. The van der Waals surface area contributed by atoms with Gasteiger partial charge in [-0.05, 0) is 31.4 Å². The van der Waals surface area contributed by atoms with Gasteiger partial charge in [0.05, 0.1) is 11.4 Å². The number of hydrogen-bond acceptors (Lipinski definition) is 3. The van der Waals surface area contributed by atoms with E-state index < -0.39 is 21.7 Å². The fraction of sp³-hybridized carbons (Fsp3) is 0.533. The fourth-order valence-corrected chi connectivity index (χ4v) is 4.15. The monoisotopic (exact) mass is 346 g/mol. The zero-order chi connectivity index (χ0) is 17.0. The zero-order valence-corrected chi connectivity index (χ0v) is 13.7. The normalized spacial score (nSPS) is 17.2. The van der Waals surface area contributed by atoms with Gasteiger partial charge in [0.2, 0.25) is 15.9 Å². The van der Waals surface area contributed by atoms with Gasteiger partial charge in [0, 0.05) is 25.1 Å². The molecule has 128 valence electrons. The fourth-order valence-electron chi connectivity index (χ4n) is 2.61. The number of benzene rings is 1. The van der Waals surface area contributed by atoms with Crippen molar-refractivity contribution in [1.82, 2.24) is 4.31 Å². The molecule has 1 aromatic rings. The van der Waals surface area contributed by atoms with E-state index >= 15 is 0 Å². The molecule has 0 aromatic heterocycles. The molecule has 1 aliphatic rings. The van der Waals surface area contributed by atoms with Gasteiger partial charge < -0.3 is 5.32 Å². The highest BCUT2D eigenvalue weighted by molar-refractivity contribution is 7.89. The van der Waals surface area contributed by atoms with E-state index in [9.17, 15) is 22.0 Å². The summed E-state index contributed by atoms with van der Waals surface area (Å²) in [6, 6.07) is 2.94. The highest BCUT2D eigenvalue weighted by atomic mass is 32.2. The molecular weight excluding hydrogens is 326 g/mol. The molecule has 1 heterocycles. The Morgan fingerprint density at radius 3 is 2.52 bits per heavy atom. The third-order valence-corrected chi connectivity index (χ3v) is 5.95. The molecule has 1 fully saturated rings. The third-order valence-electron chi connectivity index (χ3n) is 3.87. The molecule has 0 atom stereocenters. The Kier molecular flexibility index (Phi) is 5.69. The number of halogens is 2. The number of hydrogen-bond donors (Lipinski definition) is 1. The van der Waals surface area contributed by atoms with E-state index in [0.717, 1.165) is 6.07 Å². The maximum absolute atomic E-state index is 13.5. The van der Waals surface area contributed by atoms with Gasteiger partial charge in [0.1, 0.15) is 11.6 Å². The first kappa shape index (κ1) is 17.8. The Labute approximate surface area is 134 Å². The summed E-state index contributed by atoms with van der Waals surface area (Å²) in [6.45, 7) is 2.37. The van der Waals surface area contributed by atoms with Crippen LogP contribution < -0.4 is 5.32 Å². The van der Waals surface area contributed by atoms with E-state index in [0.29, 0.717) is 25.3 Å². The predicted octanol–water partition coefficient (Wildman–Crippen LogP) is 2.36. The number of carbonyl (C=O) groups is 1. The molecular formula is C15H20F2N2O3S. The Balaban J connectivity index is 1.93. The lowest BCUT2D eigenvalue weighted by Crippen LogP contribution is -2.42. The number of piperidine rings is 1. The molecule has 0 aliphatic carbocycles. The van der Waals surface area contributed by atoms with Crippen molar-refractivity contribution in [1.29, 1.82) is 0 Å². The van der Waals surface area contributed by atoms with Gasteiger partial charge in [0.25, 0.3) is 0 Å². The minimum absolute atomic E-state index is 0.0718. The van der Waals surface area contributed by atoms with E-state index in [1.807, 2.05) is 0 Å². The molecule has 1 amide bonds. The summed E-state index contributed by atoms with van der Waals surface area (Å²) in [5, 5.41) is 2.44. The Morgan fingerprint density at radius 2 is 1.96 bits per heavy atom. The molecule has 1 aliphatic heterocycles. The lowest BCUT2D eigenvalue weighted by atomic mass is 9.97. The summed E-state index contributed by atoms with van der Waals surface area (Å²) in [7, 11) is -3.25. The minimum Gasteiger partial charge on any atom is -0.323 e. The first-order valence-corrected chi connectivity index (χ1v) is 9.18. The maximum atomic E-state index is 13.5. The lowest BCUT2D eigenvalue weighted by Gasteiger charge is -2.30. The molecule has 0 radical (unpaired) electrons. The van der Waals surface area contributed by atoms with Crippen molar-refractivity contribution >= 4 is 21.6 Å². The summed E-state index contributed by atoms with van der Waals surface area (Å²) >= 11 is 0. The molecule has 5 nitrogen and oxygen atoms in total. The number of rotatable bonds is 5. The smallest absolute Gasteiger partial charge is 0.227 e. The van der Waals surface area contributed by atoms with Crippen LogP contribution in [0.25, 0.3) is 0 Å². The number of nitrogens with zero attached hydrogens (tertiary/aromatic N) is 1. The summed E-state index contributed by atoms with van der Waals surface area (Å²) in [5.74, 6) is -2.20. The van der Waals surface area contributed by atoms with Crippen molar-refractivity contribution in [3.63, 3.8) is 0 Å². The quantitative estimate of drug-likeness (QED) is 0.890. The van der Waals surface area contributed by atoms with Gasteiger partial charge in [-0.3, -0.25) is 4.79 Å².